The number of anilines is 1. The molecule has 1 aliphatic carbocycles. The molecule has 0 aliphatic heterocycles. The molecule has 25 heavy (non-hydrogen) atoms. The Kier molecular flexibility index (Phi) is 4.09. The number of amides is 1. The van der Waals surface area contributed by atoms with Crippen LogP contribution in [0.2, 0.25) is 0 Å². The molecule has 3 aromatic rings. The van der Waals surface area contributed by atoms with Gasteiger partial charge in [0.2, 0.25) is 0 Å². The standard InChI is InChI=1S/C19H21N5O/c1-14-17(13-21-23(14)15-7-3-2-4-8-15)19(25)22-18-11-12-20-24(18)16-9-5-6-10-16/h2-4,7-8,11-13,16H,5-6,9-10H2,1H3,(H,22,25). The fourth-order valence-electron chi connectivity index (χ4n) is 3.50. The van der Waals surface area contributed by atoms with E-state index in [-0.39, 0.29) is 5.91 Å². The smallest absolute Gasteiger partial charge is 0.260 e. The van der Waals surface area contributed by atoms with Gasteiger partial charge in [-0.1, -0.05) is 31.0 Å². The Morgan fingerprint density at radius 3 is 2.64 bits per heavy atom. The van der Waals surface area contributed by atoms with E-state index in [9.17, 15) is 4.79 Å². The van der Waals surface area contributed by atoms with Crippen LogP contribution in [-0.2, 0) is 0 Å². The summed E-state index contributed by atoms with van der Waals surface area (Å²) in [5.74, 6) is 0.600. The summed E-state index contributed by atoms with van der Waals surface area (Å²) in [6, 6.07) is 12.0. The number of nitrogens with zero attached hydrogens (tertiary/aromatic N) is 4. The Balaban J connectivity index is 1.57. The van der Waals surface area contributed by atoms with Gasteiger partial charge in [0, 0.05) is 6.07 Å². The highest BCUT2D eigenvalue weighted by atomic mass is 16.1. The van der Waals surface area contributed by atoms with Crippen LogP contribution >= 0.6 is 0 Å². The van der Waals surface area contributed by atoms with Crippen LogP contribution in [0.15, 0.2) is 48.8 Å². The average molecular weight is 335 g/mol. The number of para-hydroxylation sites is 1. The number of benzene rings is 1. The van der Waals surface area contributed by atoms with E-state index < -0.39 is 0 Å². The van der Waals surface area contributed by atoms with Crippen molar-refractivity contribution in [1.29, 1.82) is 0 Å². The number of carbonyl (C=O) groups excluding carboxylic acids is 1. The second-order valence-corrected chi connectivity index (χ2v) is 6.44. The van der Waals surface area contributed by atoms with E-state index >= 15 is 0 Å². The molecule has 0 bridgehead atoms. The zero-order valence-corrected chi connectivity index (χ0v) is 14.2. The summed E-state index contributed by atoms with van der Waals surface area (Å²) in [4.78, 5) is 12.7. The molecule has 1 N–H and O–H groups in total. The number of hydrogen-bond donors (Lipinski definition) is 1. The Morgan fingerprint density at radius 2 is 1.88 bits per heavy atom. The van der Waals surface area contributed by atoms with Crippen LogP contribution in [-0.4, -0.2) is 25.5 Å². The second kappa shape index (κ2) is 6.55. The summed E-state index contributed by atoms with van der Waals surface area (Å²) in [7, 11) is 0. The van der Waals surface area contributed by atoms with Crippen molar-refractivity contribution in [2.45, 2.75) is 38.6 Å². The number of carbonyl (C=O) groups is 1. The molecule has 2 heterocycles. The molecule has 1 aromatic carbocycles. The minimum atomic E-state index is -0.153. The molecular formula is C19H21N5O. The summed E-state index contributed by atoms with van der Waals surface area (Å²) < 4.78 is 3.73. The molecule has 0 saturated heterocycles. The lowest BCUT2D eigenvalue weighted by Crippen LogP contribution is -2.18. The number of rotatable bonds is 4. The zero-order chi connectivity index (χ0) is 17.2. The maximum Gasteiger partial charge on any atom is 0.260 e. The lowest BCUT2D eigenvalue weighted by molar-refractivity contribution is 0.102. The van der Waals surface area contributed by atoms with Gasteiger partial charge in [0.25, 0.3) is 5.91 Å². The van der Waals surface area contributed by atoms with E-state index in [4.69, 9.17) is 0 Å². The van der Waals surface area contributed by atoms with Gasteiger partial charge in [-0.2, -0.15) is 10.2 Å². The van der Waals surface area contributed by atoms with Crippen molar-refractivity contribution >= 4 is 11.7 Å². The van der Waals surface area contributed by atoms with E-state index in [0.29, 0.717) is 11.6 Å². The SMILES string of the molecule is Cc1c(C(=O)Nc2ccnn2C2CCCC2)cnn1-c1ccccc1. The van der Waals surface area contributed by atoms with Crippen LogP contribution < -0.4 is 5.32 Å². The first-order chi connectivity index (χ1) is 12.2. The quantitative estimate of drug-likeness (QED) is 0.790. The van der Waals surface area contributed by atoms with E-state index in [0.717, 1.165) is 30.0 Å². The predicted octanol–water partition coefficient (Wildman–Crippen LogP) is 3.74. The largest absolute Gasteiger partial charge is 0.307 e. The van der Waals surface area contributed by atoms with E-state index in [1.54, 1.807) is 17.1 Å². The summed E-state index contributed by atoms with van der Waals surface area (Å²) >= 11 is 0. The lowest BCUT2D eigenvalue weighted by Gasteiger charge is -2.14. The number of nitrogens with one attached hydrogen (secondary N) is 1. The first-order valence-electron chi connectivity index (χ1n) is 8.69. The van der Waals surface area contributed by atoms with Crippen LogP contribution in [0, 0.1) is 6.92 Å². The molecule has 2 aromatic heterocycles. The van der Waals surface area contributed by atoms with Crippen LogP contribution in [0.25, 0.3) is 5.69 Å². The van der Waals surface area contributed by atoms with Crippen LogP contribution in [0.5, 0.6) is 0 Å². The van der Waals surface area contributed by atoms with Crippen LogP contribution in [0.1, 0.15) is 47.8 Å². The maximum atomic E-state index is 12.7. The Labute approximate surface area is 146 Å². The Hall–Kier alpha value is -2.89. The second-order valence-electron chi connectivity index (χ2n) is 6.44. The summed E-state index contributed by atoms with van der Waals surface area (Å²) in [6.07, 6.45) is 8.05. The van der Waals surface area contributed by atoms with Gasteiger partial charge in [-0.25, -0.2) is 9.36 Å². The van der Waals surface area contributed by atoms with Gasteiger partial charge in [-0.15, -0.1) is 0 Å². The zero-order valence-electron chi connectivity index (χ0n) is 14.2. The molecule has 0 atom stereocenters. The molecule has 0 spiro atoms. The maximum absolute atomic E-state index is 12.7. The normalized spacial score (nSPS) is 14.8. The van der Waals surface area contributed by atoms with Gasteiger partial charge < -0.3 is 5.32 Å². The van der Waals surface area contributed by atoms with E-state index in [2.05, 4.69) is 15.5 Å². The topological polar surface area (TPSA) is 64.7 Å². The van der Waals surface area contributed by atoms with Gasteiger partial charge in [-0.3, -0.25) is 4.79 Å². The highest BCUT2D eigenvalue weighted by Crippen LogP contribution is 2.31. The fraction of sp³-hybridized carbons (Fsp3) is 0.316. The highest BCUT2D eigenvalue weighted by Gasteiger charge is 2.22. The van der Waals surface area contributed by atoms with Crippen molar-refractivity contribution in [1.82, 2.24) is 19.6 Å². The summed E-state index contributed by atoms with van der Waals surface area (Å²) in [6.45, 7) is 1.91. The summed E-state index contributed by atoms with van der Waals surface area (Å²) in [5, 5.41) is 11.8. The van der Waals surface area contributed by atoms with E-state index in [1.807, 2.05) is 48.0 Å². The molecule has 1 fully saturated rings. The lowest BCUT2D eigenvalue weighted by atomic mass is 10.2. The molecule has 6 nitrogen and oxygen atoms in total. The van der Waals surface area contributed by atoms with Crippen molar-refractivity contribution in [3.8, 4) is 5.69 Å². The minimum absolute atomic E-state index is 0.153. The molecule has 6 heteroatoms. The molecule has 1 aliphatic rings. The molecule has 1 saturated carbocycles. The molecular weight excluding hydrogens is 314 g/mol. The highest BCUT2D eigenvalue weighted by molar-refractivity contribution is 6.04. The number of hydrogen-bond acceptors (Lipinski definition) is 3. The Bertz CT molecular complexity index is 874. The predicted molar refractivity (Wildman–Crippen MR) is 96.0 cm³/mol. The third-order valence-electron chi connectivity index (χ3n) is 4.84. The monoisotopic (exact) mass is 335 g/mol. The van der Waals surface area contributed by atoms with Crippen molar-refractivity contribution in [2.75, 3.05) is 5.32 Å². The Morgan fingerprint density at radius 1 is 1.12 bits per heavy atom. The van der Waals surface area contributed by atoms with Crippen molar-refractivity contribution in [3.63, 3.8) is 0 Å². The first kappa shape index (κ1) is 15.6. The fourth-order valence-corrected chi connectivity index (χ4v) is 3.50. The molecule has 1 amide bonds. The molecule has 128 valence electrons. The summed E-state index contributed by atoms with van der Waals surface area (Å²) in [5.41, 5.74) is 2.33. The molecule has 0 unspecified atom stereocenters. The van der Waals surface area contributed by atoms with Crippen molar-refractivity contribution < 1.29 is 4.79 Å². The molecule has 4 rings (SSSR count). The average Bonchev–Trinajstić information content (AvgIpc) is 3.35. The number of aromatic nitrogens is 4. The minimum Gasteiger partial charge on any atom is -0.307 e. The van der Waals surface area contributed by atoms with E-state index in [1.165, 1.54) is 12.8 Å². The van der Waals surface area contributed by atoms with Crippen molar-refractivity contribution in [3.05, 3.63) is 60.0 Å². The van der Waals surface area contributed by atoms with Gasteiger partial charge in [0.15, 0.2) is 0 Å². The van der Waals surface area contributed by atoms with Gasteiger partial charge in [0.05, 0.1) is 35.4 Å². The van der Waals surface area contributed by atoms with Gasteiger partial charge >= 0.3 is 0 Å². The third-order valence-corrected chi connectivity index (χ3v) is 4.84. The van der Waals surface area contributed by atoms with Crippen molar-refractivity contribution in [2.24, 2.45) is 0 Å². The first-order valence-corrected chi connectivity index (χ1v) is 8.69. The molecule has 0 radical (unpaired) electrons. The van der Waals surface area contributed by atoms with Crippen LogP contribution in [0.4, 0.5) is 5.82 Å². The third kappa shape index (κ3) is 2.95. The van der Waals surface area contributed by atoms with Gasteiger partial charge in [-0.05, 0) is 31.9 Å². The van der Waals surface area contributed by atoms with Gasteiger partial charge in [0.1, 0.15) is 5.82 Å². The van der Waals surface area contributed by atoms with Crippen LogP contribution in [0.3, 0.4) is 0 Å².